The van der Waals surface area contributed by atoms with E-state index in [2.05, 4.69) is 9.71 Å². The van der Waals surface area contributed by atoms with Crippen LogP contribution in [0, 0.1) is 5.92 Å². The molecule has 0 spiro atoms. The molecule has 1 saturated heterocycles. The molecule has 1 amide bonds. The Kier molecular flexibility index (Phi) is 4.45. The molecule has 1 N–H and O–H groups in total. The van der Waals surface area contributed by atoms with Crippen LogP contribution in [-0.4, -0.2) is 49.9 Å². The number of hydrogen-bond acceptors (Lipinski definition) is 6. The number of carbonyl (C=O) groups is 1. The summed E-state index contributed by atoms with van der Waals surface area (Å²) in [5.41, 5.74) is 0.522. The first-order valence-corrected chi connectivity index (χ1v) is 10.7. The zero-order valence-electron chi connectivity index (χ0n) is 14.2. The topological polar surface area (TPSA) is 88.6 Å². The highest BCUT2D eigenvalue weighted by Crippen LogP contribution is 2.39. The molecule has 0 radical (unpaired) electrons. The van der Waals surface area contributed by atoms with Crippen molar-refractivity contribution in [1.29, 1.82) is 0 Å². The van der Waals surface area contributed by atoms with Crippen LogP contribution in [0.4, 0.5) is 0 Å². The van der Waals surface area contributed by atoms with Gasteiger partial charge in [0, 0.05) is 30.9 Å². The van der Waals surface area contributed by atoms with E-state index in [1.807, 2.05) is 4.90 Å². The number of ether oxygens (including phenoxy) is 1. The average Bonchev–Trinajstić information content (AvgIpc) is 3.37. The van der Waals surface area contributed by atoms with Crippen LogP contribution in [0.25, 0.3) is 0 Å². The lowest BCUT2D eigenvalue weighted by Crippen LogP contribution is -2.47. The number of methoxy groups -OCH3 is 1. The summed E-state index contributed by atoms with van der Waals surface area (Å²) in [7, 11) is -1.95. The number of nitrogens with zero attached hydrogens (tertiary/aromatic N) is 2. The molecule has 9 heteroatoms. The molecule has 2 bridgehead atoms. The highest BCUT2D eigenvalue weighted by Gasteiger charge is 2.47. The fourth-order valence-corrected chi connectivity index (χ4v) is 6.14. The van der Waals surface area contributed by atoms with Crippen molar-refractivity contribution >= 4 is 27.3 Å². The fourth-order valence-electron chi connectivity index (χ4n) is 3.81. The number of likely N-dealkylation sites (tertiary alicyclic amines) is 1. The number of piperidine rings is 1. The quantitative estimate of drug-likeness (QED) is 0.836. The third-order valence-electron chi connectivity index (χ3n) is 5.06. The van der Waals surface area contributed by atoms with Crippen molar-refractivity contribution in [2.45, 2.75) is 29.1 Å². The van der Waals surface area contributed by atoms with E-state index in [4.69, 9.17) is 4.74 Å². The van der Waals surface area contributed by atoms with Crippen molar-refractivity contribution in [3.8, 4) is 5.88 Å². The minimum Gasteiger partial charge on any atom is -0.481 e. The average molecular weight is 393 g/mol. The molecule has 2 aromatic rings. The number of pyridine rings is 1. The highest BCUT2D eigenvalue weighted by atomic mass is 32.2. The maximum absolute atomic E-state index is 12.7. The summed E-state index contributed by atoms with van der Waals surface area (Å²) in [6.07, 6.45) is 2.99. The highest BCUT2D eigenvalue weighted by molar-refractivity contribution is 7.91. The van der Waals surface area contributed by atoms with Gasteiger partial charge in [-0.3, -0.25) is 4.79 Å². The van der Waals surface area contributed by atoms with E-state index in [1.54, 1.807) is 29.6 Å². The van der Waals surface area contributed by atoms with Crippen LogP contribution in [-0.2, 0) is 10.0 Å². The maximum atomic E-state index is 12.7. The Morgan fingerprint density at radius 3 is 2.77 bits per heavy atom. The first-order valence-electron chi connectivity index (χ1n) is 8.35. The minimum absolute atomic E-state index is 0.0608. The second kappa shape index (κ2) is 6.64. The number of rotatable bonds is 5. The summed E-state index contributed by atoms with van der Waals surface area (Å²) in [6, 6.07) is 6.64. The minimum atomic E-state index is -3.48. The largest absolute Gasteiger partial charge is 0.481 e. The summed E-state index contributed by atoms with van der Waals surface area (Å²) in [5.74, 6) is 0.546. The number of amides is 1. The van der Waals surface area contributed by atoms with E-state index in [-0.39, 0.29) is 23.9 Å². The van der Waals surface area contributed by atoms with Crippen molar-refractivity contribution in [2.75, 3.05) is 13.7 Å². The number of aromatic nitrogens is 1. The third-order valence-corrected chi connectivity index (χ3v) is 7.95. The molecule has 1 aliphatic heterocycles. The first kappa shape index (κ1) is 17.4. The van der Waals surface area contributed by atoms with Gasteiger partial charge >= 0.3 is 0 Å². The van der Waals surface area contributed by atoms with E-state index in [9.17, 15) is 13.2 Å². The van der Waals surface area contributed by atoms with Crippen LogP contribution < -0.4 is 9.46 Å². The van der Waals surface area contributed by atoms with Gasteiger partial charge < -0.3 is 9.64 Å². The van der Waals surface area contributed by atoms with E-state index >= 15 is 0 Å². The Morgan fingerprint density at radius 1 is 1.35 bits per heavy atom. The molecule has 2 aliphatic rings. The summed E-state index contributed by atoms with van der Waals surface area (Å²) in [5, 5.41) is 1.75. The number of thiophene rings is 1. The lowest BCUT2D eigenvalue weighted by molar-refractivity contribution is 0.0691. The molecule has 7 nitrogen and oxygen atoms in total. The van der Waals surface area contributed by atoms with Gasteiger partial charge in [0.25, 0.3) is 5.91 Å². The van der Waals surface area contributed by atoms with Crippen LogP contribution >= 0.6 is 11.3 Å². The third kappa shape index (κ3) is 3.10. The molecule has 1 aliphatic carbocycles. The zero-order valence-corrected chi connectivity index (χ0v) is 15.8. The van der Waals surface area contributed by atoms with Gasteiger partial charge in [-0.1, -0.05) is 6.07 Å². The SMILES string of the molecule is COc1ccc(C(=O)N2CC3CC2CC3NS(=O)(=O)c2cccs2)cn1. The van der Waals surface area contributed by atoms with Crippen molar-refractivity contribution in [3.63, 3.8) is 0 Å². The maximum Gasteiger partial charge on any atom is 0.255 e. The predicted octanol–water partition coefficient (Wildman–Crippen LogP) is 1.73. The second-order valence-corrected chi connectivity index (χ2v) is 9.48. The van der Waals surface area contributed by atoms with Gasteiger partial charge in [0.1, 0.15) is 4.21 Å². The number of nitrogens with one attached hydrogen (secondary N) is 1. The molecule has 2 fully saturated rings. The Bertz CT molecular complexity index is 897. The van der Waals surface area contributed by atoms with Crippen LogP contribution in [0.1, 0.15) is 23.2 Å². The van der Waals surface area contributed by atoms with Gasteiger partial charge in [0.15, 0.2) is 0 Å². The standard InChI is InChI=1S/C17H19N3O4S2/c1-24-15-5-4-11(9-18-15)17(21)20-10-12-7-13(20)8-14(12)19-26(22,23)16-3-2-6-25-16/h2-6,9,12-14,19H,7-8,10H2,1H3. The molecule has 2 aromatic heterocycles. The zero-order chi connectivity index (χ0) is 18.3. The Balaban J connectivity index is 1.42. The molecule has 1 saturated carbocycles. The van der Waals surface area contributed by atoms with Crippen molar-refractivity contribution in [3.05, 3.63) is 41.4 Å². The fraction of sp³-hybridized carbons (Fsp3) is 0.412. The summed E-state index contributed by atoms with van der Waals surface area (Å²) < 4.78 is 33.0. The molecular weight excluding hydrogens is 374 g/mol. The smallest absolute Gasteiger partial charge is 0.255 e. The van der Waals surface area contributed by atoms with Gasteiger partial charge in [0.05, 0.1) is 12.7 Å². The number of hydrogen-bond donors (Lipinski definition) is 1. The number of fused-ring (bicyclic) bond motifs is 2. The Labute approximate surface area is 156 Å². The van der Waals surface area contributed by atoms with Gasteiger partial charge in [0.2, 0.25) is 15.9 Å². The first-order chi connectivity index (χ1) is 12.5. The van der Waals surface area contributed by atoms with Crippen molar-refractivity contribution < 1.29 is 17.9 Å². The van der Waals surface area contributed by atoms with Gasteiger partial charge in [-0.2, -0.15) is 0 Å². The van der Waals surface area contributed by atoms with Crippen molar-refractivity contribution in [1.82, 2.24) is 14.6 Å². The lowest BCUT2D eigenvalue weighted by Gasteiger charge is -2.31. The monoisotopic (exact) mass is 393 g/mol. The van der Waals surface area contributed by atoms with E-state index in [0.29, 0.717) is 28.6 Å². The molecule has 3 unspecified atom stereocenters. The molecular formula is C17H19N3O4S2. The van der Waals surface area contributed by atoms with E-state index in [1.165, 1.54) is 24.6 Å². The van der Waals surface area contributed by atoms with Gasteiger partial charge in [-0.25, -0.2) is 18.1 Å². The second-order valence-electron chi connectivity index (χ2n) is 6.59. The molecule has 138 valence electrons. The lowest BCUT2D eigenvalue weighted by atomic mass is 10.0. The van der Waals surface area contributed by atoms with E-state index in [0.717, 1.165) is 6.42 Å². The van der Waals surface area contributed by atoms with Gasteiger partial charge in [-0.15, -0.1) is 11.3 Å². The Morgan fingerprint density at radius 2 is 2.19 bits per heavy atom. The molecule has 26 heavy (non-hydrogen) atoms. The molecule has 4 rings (SSSR count). The predicted molar refractivity (Wildman–Crippen MR) is 96.8 cm³/mol. The van der Waals surface area contributed by atoms with Crippen LogP contribution in [0.3, 0.4) is 0 Å². The molecule has 3 atom stereocenters. The summed E-state index contributed by atoms with van der Waals surface area (Å²) in [4.78, 5) is 18.6. The normalized spacial score (nSPS) is 24.8. The van der Waals surface area contributed by atoms with Crippen LogP contribution in [0.5, 0.6) is 5.88 Å². The van der Waals surface area contributed by atoms with Crippen LogP contribution in [0.2, 0.25) is 0 Å². The number of carbonyl (C=O) groups excluding carboxylic acids is 1. The summed E-state index contributed by atoms with van der Waals surface area (Å²) in [6.45, 7) is 0.563. The van der Waals surface area contributed by atoms with E-state index < -0.39 is 10.0 Å². The van der Waals surface area contributed by atoms with Crippen molar-refractivity contribution in [2.24, 2.45) is 5.92 Å². The van der Waals surface area contributed by atoms with Gasteiger partial charge in [-0.05, 0) is 36.3 Å². The molecule has 3 heterocycles. The Hall–Kier alpha value is -1.97. The summed E-state index contributed by atoms with van der Waals surface area (Å²) >= 11 is 1.21. The molecule has 0 aromatic carbocycles. The van der Waals surface area contributed by atoms with Crippen LogP contribution in [0.15, 0.2) is 40.1 Å². The number of sulfonamides is 1.